The number of carbonyl (C=O) groups excluding carboxylic acids is 1. The Kier molecular flexibility index (Phi) is 4.16. The number of nitrogens with one attached hydrogen (secondary N) is 1. The quantitative estimate of drug-likeness (QED) is 0.423. The molecule has 0 radical (unpaired) electrons. The van der Waals surface area contributed by atoms with E-state index in [1.54, 1.807) is 23.4 Å². The van der Waals surface area contributed by atoms with Crippen LogP contribution in [0.4, 0.5) is 10.7 Å². The van der Waals surface area contributed by atoms with E-state index in [0.29, 0.717) is 25.9 Å². The molecule has 0 aliphatic heterocycles. The Morgan fingerprint density at radius 1 is 1.50 bits per heavy atom. The molecule has 1 N–H and O–H groups in total. The van der Waals surface area contributed by atoms with Gasteiger partial charge in [0, 0.05) is 13.1 Å². The van der Waals surface area contributed by atoms with Gasteiger partial charge < -0.3 is 9.88 Å². The molecule has 8 nitrogen and oxygen atoms in total. The molecule has 0 saturated heterocycles. The van der Waals surface area contributed by atoms with Gasteiger partial charge in [0.15, 0.2) is 10.8 Å². The number of hydrogen-bond acceptors (Lipinski definition) is 8. The number of anilines is 1. The summed E-state index contributed by atoms with van der Waals surface area (Å²) in [7, 11) is 1.65. The first-order chi connectivity index (χ1) is 11.4. The van der Waals surface area contributed by atoms with Crippen molar-refractivity contribution in [3.05, 3.63) is 48.7 Å². The Morgan fingerprint density at radius 2 is 2.25 bits per heavy atom. The van der Waals surface area contributed by atoms with Gasteiger partial charge in [-0.25, -0.2) is 4.98 Å². The second kappa shape index (κ2) is 6.13. The monoisotopic (exact) mass is 364 g/mol. The number of Topliss-reactive ketones (excluding diaryl/α,β-unsaturated/α-hetero) is 1. The third-order valence-electron chi connectivity index (χ3n) is 3.33. The number of nitrogens with zero attached hydrogens (tertiary/aromatic N) is 3. The smallest absolute Gasteiger partial charge is 0.304 e. The van der Waals surface area contributed by atoms with E-state index in [0.717, 1.165) is 11.3 Å². The molecule has 24 heavy (non-hydrogen) atoms. The van der Waals surface area contributed by atoms with Crippen LogP contribution in [0.25, 0.3) is 10.2 Å². The lowest BCUT2D eigenvalue weighted by atomic mass is 10.3. The van der Waals surface area contributed by atoms with Crippen LogP contribution in [0.2, 0.25) is 0 Å². The van der Waals surface area contributed by atoms with Gasteiger partial charge >= 0.3 is 5.69 Å². The number of rotatable bonds is 5. The summed E-state index contributed by atoms with van der Waals surface area (Å²) in [5, 5.41) is 13.3. The van der Waals surface area contributed by atoms with E-state index in [-0.39, 0.29) is 23.6 Å². The van der Waals surface area contributed by atoms with Crippen LogP contribution in [-0.2, 0) is 6.54 Å². The highest BCUT2D eigenvalue weighted by atomic mass is 32.1. The molecule has 0 bridgehead atoms. The van der Waals surface area contributed by atoms with Gasteiger partial charge in [-0.1, -0.05) is 0 Å². The first-order valence-electron chi connectivity index (χ1n) is 6.83. The highest BCUT2D eigenvalue weighted by molar-refractivity contribution is 7.18. The zero-order valence-corrected chi connectivity index (χ0v) is 14.4. The first-order valence-corrected chi connectivity index (χ1v) is 8.53. The summed E-state index contributed by atoms with van der Waals surface area (Å²) in [4.78, 5) is 43.1. The third-order valence-corrected chi connectivity index (χ3v) is 5.58. The van der Waals surface area contributed by atoms with Crippen molar-refractivity contribution in [3.8, 4) is 0 Å². The number of carbonyl (C=O) groups is 1. The molecule has 0 saturated carbocycles. The minimum absolute atomic E-state index is 0.133. The fourth-order valence-corrected chi connectivity index (χ4v) is 3.95. The van der Waals surface area contributed by atoms with Crippen molar-refractivity contribution < 1.29 is 9.72 Å². The van der Waals surface area contributed by atoms with Gasteiger partial charge in [0.05, 0.1) is 21.9 Å². The Hall–Kier alpha value is -2.59. The molecule has 124 valence electrons. The number of nitro groups is 1. The van der Waals surface area contributed by atoms with Crippen LogP contribution in [0.15, 0.2) is 22.3 Å². The predicted octanol–water partition coefficient (Wildman–Crippen LogP) is 2.79. The summed E-state index contributed by atoms with van der Waals surface area (Å²) in [5.74, 6) is 0.175. The van der Waals surface area contributed by atoms with Crippen molar-refractivity contribution >= 4 is 49.4 Å². The topological polar surface area (TPSA) is 109 Å². The van der Waals surface area contributed by atoms with Crippen LogP contribution < -0.4 is 10.5 Å². The molecule has 0 unspecified atom stereocenters. The minimum atomic E-state index is -0.521. The zero-order valence-electron chi connectivity index (χ0n) is 12.7. The summed E-state index contributed by atoms with van der Waals surface area (Å²) in [6.07, 6.45) is 0. The van der Waals surface area contributed by atoms with E-state index in [1.165, 1.54) is 24.3 Å². The van der Waals surface area contributed by atoms with Crippen molar-refractivity contribution in [1.29, 1.82) is 0 Å². The van der Waals surface area contributed by atoms with Gasteiger partial charge in [-0.2, -0.15) is 0 Å². The second-order valence-electron chi connectivity index (χ2n) is 5.12. The van der Waals surface area contributed by atoms with Crippen molar-refractivity contribution in [2.75, 3.05) is 11.9 Å². The average Bonchev–Trinajstić information content (AvgIpc) is 3.13. The fraction of sp³-hybridized carbons (Fsp3) is 0.214. The largest absolute Gasteiger partial charge is 0.353 e. The van der Waals surface area contributed by atoms with Gasteiger partial charge in [0.25, 0.3) is 5.56 Å². The van der Waals surface area contributed by atoms with Crippen molar-refractivity contribution in [3.63, 3.8) is 0 Å². The maximum atomic E-state index is 12.0. The molecule has 0 amide bonds. The molecule has 3 heterocycles. The lowest BCUT2D eigenvalue weighted by molar-refractivity contribution is -0.383. The van der Waals surface area contributed by atoms with Crippen molar-refractivity contribution in [2.45, 2.75) is 13.5 Å². The SMILES string of the molecule is CC(=O)c1cc([N+](=O)[O-])c(N(C)Cc2nc3ccsc3c(=O)[nH]2)s1. The molecule has 3 aromatic heterocycles. The number of ketones is 1. The first kappa shape index (κ1) is 16.3. The average molecular weight is 364 g/mol. The number of thiophene rings is 2. The standard InChI is InChI=1S/C14H12N4O4S2/c1-7(19)10-5-9(18(21)22)14(24-10)17(2)6-11-15-8-3-4-23-12(8)13(20)16-11/h3-5H,6H2,1-2H3,(H,15,16,20). The highest BCUT2D eigenvalue weighted by Gasteiger charge is 2.24. The van der Waals surface area contributed by atoms with Crippen LogP contribution in [0, 0.1) is 10.1 Å². The summed E-state index contributed by atoms with van der Waals surface area (Å²) in [6.45, 7) is 1.54. The maximum absolute atomic E-state index is 12.0. The third kappa shape index (κ3) is 2.93. The molecule has 0 spiro atoms. The normalized spacial score (nSPS) is 10.9. The van der Waals surface area contributed by atoms with Gasteiger partial charge in [-0.05, 0) is 18.4 Å². The molecule has 3 rings (SSSR count). The number of aromatic nitrogens is 2. The summed E-state index contributed by atoms with van der Waals surface area (Å²) in [5.41, 5.74) is 0.229. The Balaban J connectivity index is 1.96. The van der Waals surface area contributed by atoms with E-state index in [1.807, 2.05) is 0 Å². The Morgan fingerprint density at radius 3 is 2.92 bits per heavy atom. The number of fused-ring (bicyclic) bond motifs is 1. The molecule has 0 fully saturated rings. The van der Waals surface area contributed by atoms with E-state index in [2.05, 4.69) is 9.97 Å². The molecule has 0 aliphatic rings. The molecular weight excluding hydrogens is 352 g/mol. The molecule has 10 heteroatoms. The maximum Gasteiger partial charge on any atom is 0.304 e. The molecule has 0 aliphatic carbocycles. The van der Waals surface area contributed by atoms with Crippen LogP contribution in [0.3, 0.4) is 0 Å². The summed E-state index contributed by atoms with van der Waals surface area (Å²) >= 11 is 2.36. The zero-order chi connectivity index (χ0) is 17.4. The Bertz CT molecular complexity index is 1000. The number of H-pyrrole nitrogens is 1. The van der Waals surface area contributed by atoms with Crippen molar-refractivity contribution in [2.24, 2.45) is 0 Å². The number of hydrogen-bond donors (Lipinski definition) is 1. The van der Waals surface area contributed by atoms with Crippen molar-refractivity contribution in [1.82, 2.24) is 9.97 Å². The van der Waals surface area contributed by atoms with E-state index in [4.69, 9.17) is 0 Å². The lowest BCUT2D eigenvalue weighted by Crippen LogP contribution is -2.21. The summed E-state index contributed by atoms with van der Waals surface area (Å²) < 4.78 is 0.544. The molecular formula is C14H12N4O4S2. The van der Waals surface area contributed by atoms with Gasteiger partial charge in [0.2, 0.25) is 0 Å². The van der Waals surface area contributed by atoms with Gasteiger partial charge in [-0.3, -0.25) is 19.7 Å². The fourth-order valence-electron chi connectivity index (χ4n) is 2.24. The van der Waals surface area contributed by atoms with Crippen LogP contribution in [0.5, 0.6) is 0 Å². The van der Waals surface area contributed by atoms with Crippen LogP contribution in [0.1, 0.15) is 22.4 Å². The molecule has 0 atom stereocenters. The van der Waals surface area contributed by atoms with E-state index >= 15 is 0 Å². The lowest BCUT2D eigenvalue weighted by Gasteiger charge is -2.15. The minimum Gasteiger partial charge on any atom is -0.353 e. The summed E-state index contributed by atoms with van der Waals surface area (Å²) in [6, 6.07) is 3.03. The highest BCUT2D eigenvalue weighted by Crippen LogP contribution is 2.37. The predicted molar refractivity (Wildman–Crippen MR) is 93.3 cm³/mol. The Labute approximate surface area is 143 Å². The van der Waals surface area contributed by atoms with Gasteiger partial charge in [-0.15, -0.1) is 22.7 Å². The van der Waals surface area contributed by atoms with E-state index in [9.17, 15) is 19.7 Å². The van der Waals surface area contributed by atoms with Crippen LogP contribution in [-0.4, -0.2) is 27.7 Å². The molecule has 0 aromatic carbocycles. The second-order valence-corrected chi connectivity index (χ2v) is 7.06. The van der Waals surface area contributed by atoms with Crippen LogP contribution >= 0.6 is 22.7 Å². The van der Waals surface area contributed by atoms with Gasteiger partial charge in [0.1, 0.15) is 10.5 Å². The molecule has 3 aromatic rings. The van der Waals surface area contributed by atoms with E-state index < -0.39 is 4.92 Å². The number of aromatic amines is 1.